The molecule has 0 spiro atoms. The minimum absolute atomic E-state index is 0.0789. The monoisotopic (exact) mass is 309 g/mol. The first-order valence-electron chi connectivity index (χ1n) is 6.63. The average Bonchev–Trinajstić information content (AvgIpc) is 3.23. The van der Waals surface area contributed by atoms with E-state index in [1.807, 2.05) is 0 Å². The van der Waals surface area contributed by atoms with Crippen LogP contribution in [0.25, 0.3) is 0 Å². The third-order valence-electron chi connectivity index (χ3n) is 3.15. The number of ether oxygens (including phenoxy) is 1. The van der Waals surface area contributed by atoms with Gasteiger partial charge in [-0.15, -0.1) is 0 Å². The molecule has 0 radical (unpaired) electrons. The molecule has 1 aromatic carbocycles. The first kappa shape index (κ1) is 16.2. The van der Waals surface area contributed by atoms with Crippen LogP contribution in [-0.4, -0.2) is 25.0 Å². The molecule has 21 heavy (non-hydrogen) atoms. The van der Waals surface area contributed by atoms with E-state index in [-0.39, 0.29) is 5.56 Å². The molecule has 1 aliphatic carbocycles. The average molecular weight is 309 g/mol. The molecule has 1 aliphatic rings. The van der Waals surface area contributed by atoms with Crippen LogP contribution in [0.1, 0.15) is 24.0 Å². The van der Waals surface area contributed by atoms with E-state index in [1.54, 1.807) is 6.07 Å². The van der Waals surface area contributed by atoms with Gasteiger partial charge in [0.25, 0.3) is 0 Å². The number of nitrogens with one attached hydrogen (secondary N) is 1. The van der Waals surface area contributed by atoms with Crippen molar-refractivity contribution in [1.29, 1.82) is 0 Å². The SMILES string of the molecule is Fc1ccc(CNC2CC2)cc1COCC(F)(F)C(F)F. The third-order valence-corrected chi connectivity index (χ3v) is 3.15. The maximum absolute atomic E-state index is 13.5. The number of halogens is 5. The van der Waals surface area contributed by atoms with Crippen molar-refractivity contribution in [1.82, 2.24) is 5.32 Å². The Morgan fingerprint density at radius 2 is 2.00 bits per heavy atom. The topological polar surface area (TPSA) is 21.3 Å². The Morgan fingerprint density at radius 1 is 1.29 bits per heavy atom. The number of hydrogen-bond donors (Lipinski definition) is 1. The summed E-state index contributed by atoms with van der Waals surface area (Å²) in [6.45, 7) is -1.36. The molecule has 0 unspecified atom stereocenters. The molecular formula is C14H16F5NO. The van der Waals surface area contributed by atoms with E-state index < -0.39 is 31.4 Å². The fourth-order valence-corrected chi connectivity index (χ4v) is 1.76. The first-order valence-corrected chi connectivity index (χ1v) is 6.63. The Morgan fingerprint density at radius 3 is 2.62 bits per heavy atom. The summed E-state index contributed by atoms with van der Waals surface area (Å²) in [6, 6.07) is 4.78. The minimum Gasteiger partial charge on any atom is -0.370 e. The highest BCUT2D eigenvalue weighted by Crippen LogP contribution is 2.24. The fourth-order valence-electron chi connectivity index (χ4n) is 1.76. The van der Waals surface area contributed by atoms with E-state index in [9.17, 15) is 22.0 Å². The van der Waals surface area contributed by atoms with E-state index in [0.717, 1.165) is 18.4 Å². The van der Waals surface area contributed by atoms with Crippen molar-refractivity contribution < 1.29 is 26.7 Å². The van der Waals surface area contributed by atoms with E-state index in [1.165, 1.54) is 12.1 Å². The maximum atomic E-state index is 13.5. The summed E-state index contributed by atoms with van der Waals surface area (Å²) in [7, 11) is 0. The summed E-state index contributed by atoms with van der Waals surface area (Å²) in [5.41, 5.74) is 0.873. The van der Waals surface area contributed by atoms with Gasteiger partial charge >= 0.3 is 12.3 Å². The van der Waals surface area contributed by atoms with Gasteiger partial charge in [0.1, 0.15) is 12.4 Å². The highest BCUT2D eigenvalue weighted by Gasteiger charge is 2.40. The molecule has 1 fully saturated rings. The smallest absolute Gasteiger partial charge is 0.330 e. The van der Waals surface area contributed by atoms with E-state index >= 15 is 0 Å². The number of alkyl halides is 4. The van der Waals surface area contributed by atoms with Crippen LogP contribution in [0.4, 0.5) is 22.0 Å². The summed E-state index contributed by atoms with van der Waals surface area (Å²) < 4.78 is 67.3. The third kappa shape index (κ3) is 4.93. The summed E-state index contributed by atoms with van der Waals surface area (Å²) in [5.74, 6) is -4.83. The molecule has 0 amide bonds. The molecule has 7 heteroatoms. The van der Waals surface area contributed by atoms with Crippen LogP contribution < -0.4 is 5.32 Å². The van der Waals surface area contributed by atoms with Gasteiger partial charge in [0.05, 0.1) is 6.61 Å². The molecule has 1 aromatic rings. The predicted molar refractivity (Wildman–Crippen MR) is 66.9 cm³/mol. The Bertz CT molecular complexity index is 476. The molecule has 0 aromatic heterocycles. The lowest BCUT2D eigenvalue weighted by atomic mass is 10.1. The first-order chi connectivity index (χ1) is 9.88. The Hall–Kier alpha value is -1.21. The highest BCUT2D eigenvalue weighted by atomic mass is 19.3. The van der Waals surface area contributed by atoms with Gasteiger partial charge in [-0.1, -0.05) is 6.07 Å². The number of rotatable bonds is 8. The molecule has 1 saturated carbocycles. The largest absolute Gasteiger partial charge is 0.370 e. The maximum Gasteiger partial charge on any atom is 0.330 e. The summed E-state index contributed by atoms with van der Waals surface area (Å²) in [6.07, 6.45) is -1.57. The van der Waals surface area contributed by atoms with Crippen LogP contribution in [0.2, 0.25) is 0 Å². The van der Waals surface area contributed by atoms with Crippen LogP contribution in [-0.2, 0) is 17.9 Å². The van der Waals surface area contributed by atoms with Crippen molar-refractivity contribution in [2.24, 2.45) is 0 Å². The fraction of sp³-hybridized carbons (Fsp3) is 0.571. The Labute approximate surface area is 119 Å². The highest BCUT2D eigenvalue weighted by molar-refractivity contribution is 5.24. The zero-order valence-electron chi connectivity index (χ0n) is 11.2. The standard InChI is InChI=1S/C14H16F5NO/c15-12-4-1-9(6-20-11-2-3-11)5-10(12)7-21-8-14(18,19)13(16)17/h1,4-5,11,13,20H,2-3,6-8H2. The van der Waals surface area contributed by atoms with Crippen LogP contribution in [0.5, 0.6) is 0 Å². The van der Waals surface area contributed by atoms with Crippen molar-refractivity contribution >= 4 is 0 Å². The van der Waals surface area contributed by atoms with Crippen LogP contribution in [0.15, 0.2) is 18.2 Å². The number of hydrogen-bond acceptors (Lipinski definition) is 2. The second-order valence-electron chi connectivity index (χ2n) is 5.14. The zero-order chi connectivity index (χ0) is 15.5. The molecule has 2 rings (SSSR count). The zero-order valence-corrected chi connectivity index (χ0v) is 11.2. The van der Waals surface area contributed by atoms with Crippen molar-refractivity contribution in [3.8, 4) is 0 Å². The molecule has 118 valence electrons. The molecule has 0 heterocycles. The molecular weight excluding hydrogens is 293 g/mol. The summed E-state index contributed by atoms with van der Waals surface area (Å²) >= 11 is 0. The van der Waals surface area contributed by atoms with Gasteiger partial charge in [-0.05, 0) is 30.5 Å². The van der Waals surface area contributed by atoms with Gasteiger partial charge in [0.2, 0.25) is 0 Å². The number of benzene rings is 1. The molecule has 0 saturated heterocycles. The lowest BCUT2D eigenvalue weighted by Gasteiger charge is -2.15. The second-order valence-corrected chi connectivity index (χ2v) is 5.14. The molecule has 0 bridgehead atoms. The minimum atomic E-state index is -4.22. The lowest BCUT2D eigenvalue weighted by Crippen LogP contribution is -2.32. The quantitative estimate of drug-likeness (QED) is 0.742. The van der Waals surface area contributed by atoms with Gasteiger partial charge in [-0.3, -0.25) is 0 Å². The normalized spacial score (nSPS) is 15.7. The second kappa shape index (κ2) is 6.70. The van der Waals surface area contributed by atoms with Crippen molar-refractivity contribution in [3.05, 3.63) is 35.1 Å². The lowest BCUT2D eigenvalue weighted by molar-refractivity contribution is -0.168. The van der Waals surface area contributed by atoms with Gasteiger partial charge in [0, 0.05) is 18.2 Å². The Balaban J connectivity index is 1.87. The van der Waals surface area contributed by atoms with Gasteiger partial charge in [-0.2, -0.15) is 8.78 Å². The Kier molecular flexibility index (Phi) is 5.16. The van der Waals surface area contributed by atoms with Crippen molar-refractivity contribution in [2.75, 3.05) is 6.61 Å². The van der Waals surface area contributed by atoms with Gasteiger partial charge < -0.3 is 10.1 Å². The molecule has 1 N–H and O–H groups in total. The predicted octanol–water partition coefficient (Wildman–Crippen LogP) is 3.49. The van der Waals surface area contributed by atoms with Gasteiger partial charge in [0.15, 0.2) is 0 Å². The summed E-state index contributed by atoms with van der Waals surface area (Å²) in [4.78, 5) is 0. The van der Waals surface area contributed by atoms with Crippen LogP contribution >= 0.6 is 0 Å². The molecule has 0 atom stereocenters. The van der Waals surface area contributed by atoms with E-state index in [2.05, 4.69) is 10.1 Å². The van der Waals surface area contributed by atoms with Crippen molar-refractivity contribution in [3.63, 3.8) is 0 Å². The van der Waals surface area contributed by atoms with E-state index in [4.69, 9.17) is 0 Å². The van der Waals surface area contributed by atoms with Gasteiger partial charge in [-0.25, -0.2) is 13.2 Å². The van der Waals surface area contributed by atoms with Crippen LogP contribution in [0.3, 0.4) is 0 Å². The molecule has 0 aliphatic heterocycles. The van der Waals surface area contributed by atoms with Crippen molar-refractivity contribution in [2.45, 2.75) is 44.4 Å². The van der Waals surface area contributed by atoms with E-state index in [0.29, 0.717) is 12.6 Å². The van der Waals surface area contributed by atoms with Crippen LogP contribution in [0, 0.1) is 5.82 Å². The summed E-state index contributed by atoms with van der Waals surface area (Å²) in [5, 5.41) is 3.23. The molecule has 2 nitrogen and oxygen atoms in total.